The lowest BCUT2D eigenvalue weighted by atomic mass is 9.78. The summed E-state index contributed by atoms with van der Waals surface area (Å²) in [5, 5.41) is 2.79. The maximum atomic E-state index is 14.6. The van der Waals surface area contributed by atoms with Crippen molar-refractivity contribution >= 4 is 12.1 Å². The fourth-order valence-electron chi connectivity index (χ4n) is 10.2. The molecule has 9 heteroatoms. The molecule has 6 nitrogen and oxygen atoms in total. The van der Waals surface area contributed by atoms with Crippen LogP contribution in [0.15, 0.2) is 158 Å². The summed E-state index contributed by atoms with van der Waals surface area (Å²) in [7, 11) is 0. The van der Waals surface area contributed by atoms with Gasteiger partial charge in [-0.25, -0.2) is 9.59 Å². The maximum Gasteiger partial charge on any atom is 0.416 e. The maximum absolute atomic E-state index is 14.6. The molecule has 2 aliphatic rings. The van der Waals surface area contributed by atoms with E-state index in [1.807, 2.05) is 97.1 Å². The molecule has 1 saturated carbocycles. The zero-order chi connectivity index (χ0) is 47.6. The van der Waals surface area contributed by atoms with Gasteiger partial charge in [0.1, 0.15) is 17.8 Å². The predicted octanol–water partition coefficient (Wildman–Crippen LogP) is 14.8. The molecule has 0 heterocycles. The van der Waals surface area contributed by atoms with Crippen molar-refractivity contribution < 1.29 is 37.0 Å². The standard InChI is InChI=1S/C59H62F3NO5/c1-57(2,44-36-38-48(39-37-44)59(60,61)62)68-55(64)54(63-56(65)66-40-53-51-30-20-18-28-49(51)50-29-19-21-31-52(50)53)41-67-58(45-24-14-10-15-25-45,46-26-16-11-17-27-46)47-34-32-43(33-35-47)42-22-12-8-6-4-3-5-7-9-13-23-42/h10-11,14-21,24-39,42,53-54H,3-9,12-13,22-23,40-41H2,1-2H3,(H,63,65)/t54-/m0/s1. The molecule has 8 rings (SSSR count). The lowest BCUT2D eigenvalue weighted by Crippen LogP contribution is -2.49. The van der Waals surface area contributed by atoms with Crippen molar-refractivity contribution in [2.45, 2.75) is 120 Å². The van der Waals surface area contributed by atoms with Crippen LogP contribution in [-0.2, 0) is 36.4 Å². The molecule has 0 spiro atoms. The Bertz CT molecular complexity index is 2480. The minimum Gasteiger partial charge on any atom is -0.453 e. The van der Waals surface area contributed by atoms with Crippen LogP contribution in [0.4, 0.5) is 18.0 Å². The summed E-state index contributed by atoms with van der Waals surface area (Å²) in [6.07, 6.45) is 8.37. The normalized spacial score (nSPS) is 15.8. The number of alkyl halides is 3. The number of halogens is 3. The second-order valence-corrected chi connectivity index (χ2v) is 18.8. The number of benzene rings is 6. The molecule has 0 saturated heterocycles. The number of ether oxygens (including phenoxy) is 3. The predicted molar refractivity (Wildman–Crippen MR) is 261 cm³/mol. The Labute approximate surface area is 399 Å². The summed E-state index contributed by atoms with van der Waals surface area (Å²) in [6.45, 7) is 2.84. The summed E-state index contributed by atoms with van der Waals surface area (Å²) in [6, 6.07) is 47.5. The topological polar surface area (TPSA) is 73.9 Å². The van der Waals surface area contributed by atoms with Crippen molar-refractivity contribution in [2.24, 2.45) is 0 Å². The highest BCUT2D eigenvalue weighted by Crippen LogP contribution is 2.45. The molecule has 0 bridgehead atoms. The number of alkyl carbamates (subject to hydrolysis) is 1. The van der Waals surface area contributed by atoms with Crippen LogP contribution in [0, 0.1) is 0 Å². The summed E-state index contributed by atoms with van der Waals surface area (Å²) in [5.41, 5.74) is 4.82. The van der Waals surface area contributed by atoms with Crippen molar-refractivity contribution in [1.29, 1.82) is 0 Å². The molecule has 1 fully saturated rings. The average Bonchev–Trinajstić information content (AvgIpc) is 3.67. The van der Waals surface area contributed by atoms with Gasteiger partial charge in [-0.2, -0.15) is 13.2 Å². The molecule has 1 atom stereocenters. The first-order valence-corrected chi connectivity index (χ1v) is 24.3. The first-order valence-electron chi connectivity index (χ1n) is 24.3. The minimum absolute atomic E-state index is 0.00480. The summed E-state index contributed by atoms with van der Waals surface area (Å²) < 4.78 is 59.9. The van der Waals surface area contributed by atoms with Gasteiger partial charge < -0.3 is 19.5 Å². The molecule has 0 radical (unpaired) electrons. The monoisotopic (exact) mass is 921 g/mol. The quantitative estimate of drug-likeness (QED) is 0.0923. The Balaban J connectivity index is 1.11. The number of carbonyl (C=O) groups excluding carboxylic acids is 2. The van der Waals surface area contributed by atoms with Gasteiger partial charge in [0, 0.05) is 5.92 Å². The van der Waals surface area contributed by atoms with Gasteiger partial charge in [-0.05, 0) is 94.8 Å². The third-order valence-electron chi connectivity index (χ3n) is 13.9. The van der Waals surface area contributed by atoms with E-state index in [1.54, 1.807) is 13.8 Å². The molecule has 68 heavy (non-hydrogen) atoms. The zero-order valence-corrected chi connectivity index (χ0v) is 39.1. The lowest BCUT2D eigenvalue weighted by molar-refractivity contribution is -0.163. The van der Waals surface area contributed by atoms with Crippen molar-refractivity contribution in [1.82, 2.24) is 5.32 Å². The Morgan fingerprint density at radius 1 is 0.559 bits per heavy atom. The Morgan fingerprint density at radius 2 is 1.00 bits per heavy atom. The molecule has 6 aromatic rings. The van der Waals surface area contributed by atoms with Gasteiger partial charge in [0.25, 0.3) is 0 Å². The van der Waals surface area contributed by atoms with Crippen molar-refractivity contribution in [3.8, 4) is 11.1 Å². The first kappa shape index (κ1) is 48.3. The van der Waals surface area contributed by atoms with E-state index in [2.05, 4.69) is 41.7 Å². The fraction of sp³-hybridized carbons (Fsp3) is 0.356. The zero-order valence-electron chi connectivity index (χ0n) is 39.1. The highest BCUT2D eigenvalue weighted by Gasteiger charge is 2.41. The van der Waals surface area contributed by atoms with Gasteiger partial charge in [0.15, 0.2) is 6.04 Å². The SMILES string of the molecule is CC(C)(OC(=O)[C@H](COC(c1ccccc1)(c1ccccc1)c1ccc(C2CCCCCCCCCCC2)cc1)NC(=O)OCC1c2ccccc2-c2ccccc21)c1ccc(C(F)(F)F)cc1. The summed E-state index contributed by atoms with van der Waals surface area (Å²) in [4.78, 5) is 28.7. The van der Waals surface area contributed by atoms with Crippen LogP contribution in [-0.4, -0.2) is 31.3 Å². The molecular weight excluding hydrogens is 860 g/mol. The third kappa shape index (κ3) is 11.2. The Kier molecular flexibility index (Phi) is 15.5. The van der Waals surface area contributed by atoms with Crippen LogP contribution in [0.25, 0.3) is 11.1 Å². The molecule has 2 aliphatic carbocycles. The van der Waals surface area contributed by atoms with Crippen LogP contribution >= 0.6 is 0 Å². The summed E-state index contributed by atoms with van der Waals surface area (Å²) >= 11 is 0. The number of nitrogens with one attached hydrogen (secondary N) is 1. The summed E-state index contributed by atoms with van der Waals surface area (Å²) in [5.74, 6) is -0.636. The van der Waals surface area contributed by atoms with Gasteiger partial charge in [0.2, 0.25) is 0 Å². The second-order valence-electron chi connectivity index (χ2n) is 18.8. The second kappa shape index (κ2) is 21.8. The van der Waals surface area contributed by atoms with E-state index in [1.165, 1.54) is 75.5 Å². The highest BCUT2D eigenvalue weighted by atomic mass is 19.4. The molecular formula is C59H62F3NO5. The molecule has 6 aromatic carbocycles. The van der Waals surface area contributed by atoms with Gasteiger partial charge in [-0.1, -0.05) is 203 Å². The van der Waals surface area contributed by atoms with Crippen LogP contribution in [0.2, 0.25) is 0 Å². The number of carbonyl (C=O) groups is 2. The van der Waals surface area contributed by atoms with E-state index in [0.717, 1.165) is 63.9 Å². The van der Waals surface area contributed by atoms with Gasteiger partial charge in [0.05, 0.1) is 12.2 Å². The Morgan fingerprint density at radius 3 is 1.51 bits per heavy atom. The molecule has 1 amide bonds. The minimum atomic E-state index is -4.54. The van der Waals surface area contributed by atoms with E-state index in [4.69, 9.17) is 14.2 Å². The molecule has 1 N–H and O–H groups in total. The lowest BCUT2D eigenvalue weighted by Gasteiger charge is -2.37. The van der Waals surface area contributed by atoms with E-state index in [-0.39, 0.29) is 19.1 Å². The van der Waals surface area contributed by atoms with E-state index in [0.29, 0.717) is 11.5 Å². The third-order valence-corrected chi connectivity index (χ3v) is 13.9. The number of esters is 1. The van der Waals surface area contributed by atoms with E-state index < -0.39 is 41.0 Å². The van der Waals surface area contributed by atoms with Crippen molar-refractivity contribution in [3.63, 3.8) is 0 Å². The smallest absolute Gasteiger partial charge is 0.416 e. The molecule has 0 aromatic heterocycles. The number of fused-ring (bicyclic) bond motifs is 3. The van der Waals surface area contributed by atoms with Gasteiger partial charge >= 0.3 is 18.2 Å². The van der Waals surface area contributed by atoms with Crippen LogP contribution in [0.5, 0.6) is 0 Å². The van der Waals surface area contributed by atoms with Gasteiger partial charge in [-0.3, -0.25) is 0 Å². The van der Waals surface area contributed by atoms with Crippen molar-refractivity contribution in [2.75, 3.05) is 13.2 Å². The fourth-order valence-corrected chi connectivity index (χ4v) is 10.2. The van der Waals surface area contributed by atoms with E-state index >= 15 is 0 Å². The average molecular weight is 922 g/mol. The largest absolute Gasteiger partial charge is 0.453 e. The molecule has 354 valence electrons. The number of amides is 1. The highest BCUT2D eigenvalue weighted by molar-refractivity contribution is 5.82. The van der Waals surface area contributed by atoms with Crippen molar-refractivity contribution in [3.05, 3.63) is 202 Å². The number of rotatable bonds is 13. The van der Waals surface area contributed by atoms with Gasteiger partial charge in [-0.15, -0.1) is 0 Å². The number of hydrogen-bond donors (Lipinski definition) is 1. The Hall–Kier alpha value is -6.19. The van der Waals surface area contributed by atoms with E-state index in [9.17, 15) is 22.8 Å². The van der Waals surface area contributed by atoms with Crippen LogP contribution in [0.3, 0.4) is 0 Å². The first-order chi connectivity index (χ1) is 32.9. The van der Waals surface area contributed by atoms with Crippen LogP contribution < -0.4 is 5.32 Å². The molecule has 0 aliphatic heterocycles. The number of hydrogen-bond acceptors (Lipinski definition) is 5. The molecule has 0 unspecified atom stereocenters. The van der Waals surface area contributed by atoms with Crippen LogP contribution in [0.1, 0.15) is 141 Å².